The highest BCUT2D eigenvalue weighted by molar-refractivity contribution is 6.21. The third kappa shape index (κ3) is 5.08. The topological polar surface area (TPSA) is 93.5 Å². The molecule has 3 amide bonds. The van der Waals surface area contributed by atoms with Gasteiger partial charge in [0.1, 0.15) is 12.1 Å². The summed E-state index contributed by atoms with van der Waals surface area (Å²) in [6.07, 6.45) is 5.34. The van der Waals surface area contributed by atoms with Crippen molar-refractivity contribution < 1.29 is 23.7 Å². The van der Waals surface area contributed by atoms with Crippen molar-refractivity contribution in [1.82, 2.24) is 24.1 Å². The van der Waals surface area contributed by atoms with Crippen LogP contribution in [-0.4, -0.2) is 60.7 Å². The molecule has 0 unspecified atom stereocenters. The molecule has 2 aliphatic heterocycles. The first-order valence-corrected chi connectivity index (χ1v) is 15.1. The lowest BCUT2D eigenvalue weighted by atomic mass is 10.1. The third-order valence-corrected chi connectivity index (χ3v) is 8.41. The zero-order valence-electron chi connectivity index (χ0n) is 25.5. The van der Waals surface area contributed by atoms with E-state index in [0.717, 1.165) is 40.8 Å². The number of imidazole rings is 1. The smallest absolute Gasteiger partial charge is 0.410 e. The molecule has 10 heteroatoms. The number of aromatic nitrogens is 4. The second kappa shape index (κ2) is 11.0. The van der Waals surface area contributed by atoms with Crippen molar-refractivity contribution in [3.8, 4) is 11.1 Å². The molecule has 1 fully saturated rings. The maximum absolute atomic E-state index is 13.2. The minimum atomic E-state index is -0.512. The van der Waals surface area contributed by atoms with Gasteiger partial charge in [-0.3, -0.25) is 19.2 Å². The number of imide groups is 1. The lowest BCUT2D eigenvalue weighted by Crippen LogP contribution is -2.42. The van der Waals surface area contributed by atoms with E-state index in [1.165, 1.54) is 4.90 Å². The number of piperidine rings is 1. The number of likely N-dealkylation sites (tertiary alicyclic amines) is 1. The third-order valence-electron chi connectivity index (χ3n) is 8.41. The predicted molar refractivity (Wildman–Crippen MR) is 161 cm³/mol. The number of carbonyl (C=O) groups is 3. The van der Waals surface area contributed by atoms with Crippen LogP contribution < -0.4 is 4.57 Å². The van der Waals surface area contributed by atoms with Crippen LogP contribution in [0.15, 0.2) is 54.9 Å². The van der Waals surface area contributed by atoms with E-state index in [4.69, 9.17) is 9.84 Å². The molecule has 0 aliphatic carbocycles. The van der Waals surface area contributed by atoms with Crippen LogP contribution in [0.25, 0.3) is 22.2 Å². The van der Waals surface area contributed by atoms with E-state index in [0.29, 0.717) is 37.3 Å². The fourth-order valence-corrected chi connectivity index (χ4v) is 6.38. The van der Waals surface area contributed by atoms with E-state index in [9.17, 15) is 14.4 Å². The van der Waals surface area contributed by atoms with Crippen molar-refractivity contribution in [2.75, 3.05) is 13.1 Å². The van der Waals surface area contributed by atoms with Gasteiger partial charge in [0.2, 0.25) is 0 Å². The summed E-state index contributed by atoms with van der Waals surface area (Å²) in [4.78, 5) is 42.1. The zero-order chi connectivity index (χ0) is 30.5. The average molecular weight is 584 g/mol. The predicted octanol–water partition coefficient (Wildman–Crippen LogP) is 5.20. The van der Waals surface area contributed by atoms with E-state index >= 15 is 0 Å². The van der Waals surface area contributed by atoms with Gasteiger partial charge in [-0.2, -0.15) is 5.10 Å². The molecule has 0 bridgehead atoms. The molecule has 4 aromatic rings. The molecular weight excluding hydrogens is 544 g/mol. The van der Waals surface area contributed by atoms with Crippen LogP contribution in [0.1, 0.15) is 80.0 Å². The summed E-state index contributed by atoms with van der Waals surface area (Å²) in [5, 5.41) is 4.75. The number of hydrogen-bond donors (Lipinski definition) is 0. The molecule has 2 aliphatic rings. The van der Waals surface area contributed by atoms with Crippen molar-refractivity contribution in [2.24, 2.45) is 0 Å². The van der Waals surface area contributed by atoms with Crippen molar-refractivity contribution in [1.29, 1.82) is 0 Å². The maximum Gasteiger partial charge on any atom is 0.410 e. The fourth-order valence-electron chi connectivity index (χ4n) is 6.38. The van der Waals surface area contributed by atoms with Crippen LogP contribution in [0, 0.1) is 0 Å². The van der Waals surface area contributed by atoms with Gasteiger partial charge >= 0.3 is 6.09 Å². The van der Waals surface area contributed by atoms with E-state index in [1.807, 2.05) is 37.7 Å². The molecule has 0 saturated carbocycles. The molecule has 6 rings (SSSR count). The van der Waals surface area contributed by atoms with Crippen LogP contribution in [0.5, 0.6) is 0 Å². The van der Waals surface area contributed by atoms with Gasteiger partial charge in [0.05, 0.1) is 36.5 Å². The Morgan fingerprint density at radius 1 is 0.977 bits per heavy atom. The van der Waals surface area contributed by atoms with Gasteiger partial charge in [0, 0.05) is 30.4 Å². The van der Waals surface area contributed by atoms with Gasteiger partial charge in [-0.15, -0.1) is 0 Å². The average Bonchev–Trinajstić information content (AvgIpc) is 3.67. The summed E-state index contributed by atoms with van der Waals surface area (Å²) in [6, 6.07) is 13.5. The van der Waals surface area contributed by atoms with E-state index in [-0.39, 0.29) is 30.5 Å². The van der Waals surface area contributed by atoms with Gasteiger partial charge < -0.3 is 9.64 Å². The second-order valence-corrected chi connectivity index (χ2v) is 12.2. The molecule has 43 heavy (non-hydrogen) atoms. The molecule has 1 saturated heterocycles. The van der Waals surface area contributed by atoms with Crippen molar-refractivity contribution in [2.45, 2.75) is 78.7 Å². The number of amides is 3. The molecule has 0 atom stereocenters. The molecular formula is C33H39N6O4+. The largest absolute Gasteiger partial charge is 0.444 e. The number of fused-ring (bicyclic) bond motifs is 2. The van der Waals surface area contributed by atoms with Crippen LogP contribution in [0.3, 0.4) is 0 Å². The number of benzene rings is 2. The highest BCUT2D eigenvalue weighted by atomic mass is 16.6. The van der Waals surface area contributed by atoms with Crippen LogP contribution in [0.2, 0.25) is 0 Å². The van der Waals surface area contributed by atoms with Gasteiger partial charge in [-0.05, 0) is 71.7 Å². The van der Waals surface area contributed by atoms with Gasteiger partial charge in [0.15, 0.2) is 11.0 Å². The molecule has 0 N–H and O–H groups in total. The first kappa shape index (κ1) is 28.6. The number of ether oxygens (including phenoxy) is 1. The minimum absolute atomic E-state index is 0.189. The number of hydrogen-bond acceptors (Lipinski definition) is 5. The Bertz CT molecular complexity index is 1690. The highest BCUT2D eigenvalue weighted by Crippen LogP contribution is 2.32. The Balaban J connectivity index is 1.29. The second-order valence-electron chi connectivity index (χ2n) is 12.2. The first-order valence-electron chi connectivity index (χ1n) is 15.1. The summed E-state index contributed by atoms with van der Waals surface area (Å²) in [7, 11) is 0. The number of nitrogens with zero attached hydrogens (tertiary/aromatic N) is 6. The zero-order valence-corrected chi connectivity index (χ0v) is 25.5. The summed E-state index contributed by atoms with van der Waals surface area (Å²) < 4.78 is 12.0. The SMILES string of the molecule is CCn1c(CN2C(=O)c3ccccc3C2=O)[n+](CC)c2c(-c3cnn(C4CCN(C(=O)OC(C)(C)C)CC4)c3)cccc21. The Morgan fingerprint density at radius 2 is 1.63 bits per heavy atom. The van der Waals surface area contributed by atoms with E-state index in [2.05, 4.69) is 41.3 Å². The van der Waals surface area contributed by atoms with Crippen molar-refractivity contribution in [3.05, 3.63) is 71.8 Å². The number of para-hydroxylation sites is 1. The van der Waals surface area contributed by atoms with Gasteiger partial charge in [0.25, 0.3) is 17.6 Å². The lowest BCUT2D eigenvalue weighted by molar-refractivity contribution is -0.676. The van der Waals surface area contributed by atoms with Crippen molar-refractivity contribution in [3.63, 3.8) is 0 Å². The van der Waals surface area contributed by atoms with Gasteiger partial charge in [-0.25, -0.2) is 13.9 Å². The monoisotopic (exact) mass is 583 g/mol. The number of aryl methyl sites for hydroxylation is 2. The van der Waals surface area contributed by atoms with Crippen LogP contribution >= 0.6 is 0 Å². The molecule has 0 spiro atoms. The Morgan fingerprint density at radius 3 is 2.23 bits per heavy atom. The van der Waals surface area contributed by atoms with Crippen LogP contribution in [0.4, 0.5) is 4.79 Å². The molecule has 10 nitrogen and oxygen atoms in total. The Kier molecular flexibility index (Phi) is 7.31. The van der Waals surface area contributed by atoms with Crippen molar-refractivity contribution >= 4 is 28.9 Å². The lowest BCUT2D eigenvalue weighted by Gasteiger charge is -2.33. The minimum Gasteiger partial charge on any atom is -0.444 e. The molecule has 2 aromatic carbocycles. The van der Waals surface area contributed by atoms with Gasteiger partial charge in [-0.1, -0.05) is 18.2 Å². The summed E-state index contributed by atoms with van der Waals surface area (Å²) in [5.41, 5.74) is 4.56. The first-order chi connectivity index (χ1) is 20.6. The van der Waals surface area contributed by atoms with Crippen LogP contribution in [-0.2, 0) is 24.4 Å². The summed E-state index contributed by atoms with van der Waals surface area (Å²) in [6.45, 7) is 12.6. The molecule has 224 valence electrons. The van der Waals surface area contributed by atoms with E-state index in [1.54, 1.807) is 29.2 Å². The summed E-state index contributed by atoms with van der Waals surface area (Å²) >= 11 is 0. The van der Waals surface area contributed by atoms with E-state index < -0.39 is 5.60 Å². The quantitative estimate of drug-likeness (QED) is 0.230. The fraction of sp³-hybridized carbons (Fsp3) is 0.424. The normalized spacial score (nSPS) is 15.9. The molecule has 0 radical (unpaired) electrons. The Hall–Kier alpha value is -4.47. The maximum atomic E-state index is 13.2. The summed E-state index contributed by atoms with van der Waals surface area (Å²) in [5.74, 6) is 0.398. The number of rotatable bonds is 6. The molecule has 4 heterocycles. The number of carbonyl (C=O) groups excluding carboxylic acids is 3. The highest BCUT2D eigenvalue weighted by Gasteiger charge is 2.39. The Labute approximate surface area is 251 Å². The standard InChI is InChI=1S/C33H39N6O4/c1-6-36-27-14-10-13-24(22-19-34-39(20-22)23-15-17-35(18-16-23)32(42)43-33(3,4)5)29(27)37(7-2)28(36)21-38-30(40)25-11-8-9-12-26(25)31(38)41/h8-14,19-20,23H,6-7,15-18,21H2,1-5H3/q+1. The molecule has 2 aromatic heterocycles.